The van der Waals surface area contributed by atoms with Crippen molar-refractivity contribution in [1.29, 1.82) is 0 Å². The van der Waals surface area contributed by atoms with Gasteiger partial charge in [0.15, 0.2) is 0 Å². The predicted octanol–water partition coefficient (Wildman–Crippen LogP) is 1.33. The van der Waals surface area contributed by atoms with E-state index in [1.807, 2.05) is 37.3 Å². The molecule has 1 aromatic carbocycles. The number of aliphatic hydroxyl groups is 1. The minimum Gasteiger partial charge on any atom is -0.394 e. The smallest absolute Gasteiger partial charge is 0.0772 e. The van der Waals surface area contributed by atoms with Crippen molar-refractivity contribution < 1.29 is 9.84 Å². The van der Waals surface area contributed by atoms with Crippen molar-refractivity contribution in [1.82, 2.24) is 4.90 Å². The fourth-order valence-corrected chi connectivity index (χ4v) is 2.93. The Morgan fingerprint density at radius 2 is 2.15 bits per heavy atom. The maximum Gasteiger partial charge on any atom is 0.0772 e. The summed E-state index contributed by atoms with van der Waals surface area (Å²) in [5.41, 5.74) is 6.72. The normalized spacial score (nSPS) is 23.4. The van der Waals surface area contributed by atoms with Crippen molar-refractivity contribution >= 4 is 0 Å². The van der Waals surface area contributed by atoms with Crippen molar-refractivity contribution in [3.63, 3.8) is 0 Å². The van der Waals surface area contributed by atoms with Gasteiger partial charge in [-0.3, -0.25) is 4.90 Å². The van der Waals surface area contributed by atoms with E-state index in [0.29, 0.717) is 12.6 Å². The Morgan fingerprint density at radius 3 is 2.80 bits per heavy atom. The summed E-state index contributed by atoms with van der Waals surface area (Å²) >= 11 is 0. The molecule has 2 unspecified atom stereocenters. The van der Waals surface area contributed by atoms with E-state index in [2.05, 4.69) is 4.90 Å². The molecule has 2 atom stereocenters. The second kappa shape index (κ2) is 7.18. The Bertz CT molecular complexity index is 397. The topological polar surface area (TPSA) is 58.7 Å². The molecule has 112 valence electrons. The molecule has 4 nitrogen and oxygen atoms in total. The van der Waals surface area contributed by atoms with Crippen molar-refractivity contribution in [2.75, 3.05) is 32.8 Å². The predicted molar refractivity (Wildman–Crippen MR) is 80.5 cm³/mol. The first-order valence-electron chi connectivity index (χ1n) is 7.47. The van der Waals surface area contributed by atoms with Gasteiger partial charge < -0.3 is 15.6 Å². The summed E-state index contributed by atoms with van der Waals surface area (Å²) < 4.78 is 5.72. The lowest BCUT2D eigenvalue weighted by atomic mass is 9.90. The maximum atomic E-state index is 9.76. The lowest BCUT2D eigenvalue weighted by Crippen LogP contribution is -2.53. The minimum absolute atomic E-state index is 0.0488. The molecule has 0 bridgehead atoms. The van der Waals surface area contributed by atoms with Gasteiger partial charge in [-0.05, 0) is 31.9 Å². The van der Waals surface area contributed by atoms with Crippen molar-refractivity contribution in [2.24, 2.45) is 5.73 Å². The van der Waals surface area contributed by atoms with Crippen LogP contribution in [0.4, 0.5) is 0 Å². The molecule has 1 heterocycles. The molecule has 0 amide bonds. The number of hydrogen-bond donors (Lipinski definition) is 2. The van der Waals surface area contributed by atoms with Crippen LogP contribution in [0.3, 0.4) is 0 Å². The lowest BCUT2D eigenvalue weighted by molar-refractivity contribution is -0.00392. The Kier molecular flexibility index (Phi) is 5.54. The SMILES string of the molecule is CCOC1CCCN(CC(N)(CO)c2ccccc2)C1. The molecule has 0 spiro atoms. The summed E-state index contributed by atoms with van der Waals surface area (Å²) in [7, 11) is 0. The van der Waals surface area contributed by atoms with E-state index in [0.717, 1.165) is 38.1 Å². The van der Waals surface area contributed by atoms with E-state index in [9.17, 15) is 5.11 Å². The molecule has 0 radical (unpaired) electrons. The monoisotopic (exact) mass is 278 g/mol. The van der Waals surface area contributed by atoms with Gasteiger partial charge in [0.2, 0.25) is 0 Å². The number of nitrogens with zero attached hydrogens (tertiary/aromatic N) is 1. The van der Waals surface area contributed by atoms with Gasteiger partial charge in [-0.1, -0.05) is 30.3 Å². The van der Waals surface area contributed by atoms with Crippen LogP contribution in [0.15, 0.2) is 30.3 Å². The summed E-state index contributed by atoms with van der Waals surface area (Å²) in [5.74, 6) is 0. The van der Waals surface area contributed by atoms with Gasteiger partial charge in [0.25, 0.3) is 0 Å². The van der Waals surface area contributed by atoms with Crippen molar-refractivity contribution in [3.8, 4) is 0 Å². The Morgan fingerprint density at radius 1 is 1.40 bits per heavy atom. The molecule has 0 aliphatic carbocycles. The zero-order valence-electron chi connectivity index (χ0n) is 12.3. The van der Waals surface area contributed by atoms with Gasteiger partial charge in [-0.25, -0.2) is 0 Å². The summed E-state index contributed by atoms with van der Waals surface area (Å²) in [6, 6.07) is 9.87. The van der Waals surface area contributed by atoms with Crippen LogP contribution in [0.5, 0.6) is 0 Å². The lowest BCUT2D eigenvalue weighted by Gasteiger charge is -2.38. The highest BCUT2D eigenvalue weighted by Crippen LogP contribution is 2.22. The zero-order valence-corrected chi connectivity index (χ0v) is 12.3. The summed E-state index contributed by atoms with van der Waals surface area (Å²) in [6.07, 6.45) is 2.54. The average Bonchev–Trinajstić information content (AvgIpc) is 2.49. The highest BCUT2D eigenvalue weighted by Gasteiger charge is 2.31. The van der Waals surface area contributed by atoms with Crippen LogP contribution in [-0.2, 0) is 10.3 Å². The van der Waals surface area contributed by atoms with Gasteiger partial charge in [0.1, 0.15) is 0 Å². The van der Waals surface area contributed by atoms with Gasteiger partial charge in [-0.2, -0.15) is 0 Å². The number of rotatable bonds is 6. The Balaban J connectivity index is 2.02. The Labute approximate surface area is 121 Å². The van der Waals surface area contributed by atoms with E-state index in [-0.39, 0.29) is 6.61 Å². The number of hydrogen-bond acceptors (Lipinski definition) is 4. The van der Waals surface area contributed by atoms with Crippen LogP contribution >= 0.6 is 0 Å². The quantitative estimate of drug-likeness (QED) is 0.824. The van der Waals surface area contributed by atoms with Crippen LogP contribution in [-0.4, -0.2) is 49.0 Å². The van der Waals surface area contributed by atoms with E-state index < -0.39 is 5.54 Å². The highest BCUT2D eigenvalue weighted by molar-refractivity contribution is 5.24. The van der Waals surface area contributed by atoms with Gasteiger partial charge in [-0.15, -0.1) is 0 Å². The first kappa shape index (κ1) is 15.4. The number of aliphatic hydroxyl groups excluding tert-OH is 1. The molecule has 2 rings (SSSR count). The third-order valence-corrected chi connectivity index (χ3v) is 4.00. The molecule has 1 aromatic rings. The van der Waals surface area contributed by atoms with Crippen LogP contribution in [0.2, 0.25) is 0 Å². The number of piperidine rings is 1. The van der Waals surface area contributed by atoms with E-state index in [1.54, 1.807) is 0 Å². The van der Waals surface area contributed by atoms with Gasteiger partial charge >= 0.3 is 0 Å². The van der Waals surface area contributed by atoms with E-state index in [4.69, 9.17) is 10.5 Å². The standard InChI is InChI=1S/C16H26N2O2/c1-2-20-15-9-6-10-18(11-15)12-16(17,13-19)14-7-4-3-5-8-14/h3-5,7-8,15,19H,2,6,9-13,17H2,1H3. The zero-order chi connectivity index (χ0) is 14.4. The fourth-order valence-electron chi connectivity index (χ4n) is 2.93. The third-order valence-electron chi connectivity index (χ3n) is 4.00. The molecule has 0 aromatic heterocycles. The number of likely N-dealkylation sites (tertiary alicyclic amines) is 1. The molecule has 1 fully saturated rings. The largest absolute Gasteiger partial charge is 0.394 e. The Hall–Kier alpha value is -0.940. The maximum absolute atomic E-state index is 9.76. The number of ether oxygens (including phenoxy) is 1. The molecule has 1 saturated heterocycles. The van der Waals surface area contributed by atoms with E-state index >= 15 is 0 Å². The van der Waals surface area contributed by atoms with Gasteiger partial charge in [0, 0.05) is 19.7 Å². The van der Waals surface area contributed by atoms with Gasteiger partial charge in [0.05, 0.1) is 18.2 Å². The number of benzene rings is 1. The number of nitrogens with two attached hydrogens (primary N) is 1. The first-order valence-corrected chi connectivity index (χ1v) is 7.47. The molecule has 3 N–H and O–H groups in total. The summed E-state index contributed by atoms with van der Waals surface area (Å²) in [6.45, 7) is 5.33. The van der Waals surface area contributed by atoms with E-state index in [1.165, 1.54) is 0 Å². The van der Waals surface area contributed by atoms with Crippen molar-refractivity contribution in [2.45, 2.75) is 31.4 Å². The second-order valence-corrected chi connectivity index (χ2v) is 5.63. The van der Waals surface area contributed by atoms with Crippen LogP contribution in [0, 0.1) is 0 Å². The van der Waals surface area contributed by atoms with Crippen LogP contribution < -0.4 is 5.73 Å². The fraction of sp³-hybridized carbons (Fsp3) is 0.625. The average molecular weight is 278 g/mol. The first-order chi connectivity index (χ1) is 9.68. The molecule has 1 aliphatic heterocycles. The second-order valence-electron chi connectivity index (χ2n) is 5.63. The molecule has 20 heavy (non-hydrogen) atoms. The van der Waals surface area contributed by atoms with Crippen LogP contribution in [0.25, 0.3) is 0 Å². The molecular formula is C16H26N2O2. The molecular weight excluding hydrogens is 252 g/mol. The highest BCUT2D eigenvalue weighted by atomic mass is 16.5. The van der Waals surface area contributed by atoms with Crippen molar-refractivity contribution in [3.05, 3.63) is 35.9 Å². The summed E-state index contributed by atoms with van der Waals surface area (Å²) in [4.78, 5) is 2.31. The minimum atomic E-state index is -0.699. The molecule has 4 heteroatoms. The molecule has 1 aliphatic rings. The van der Waals surface area contributed by atoms with Crippen LogP contribution in [0.1, 0.15) is 25.3 Å². The summed E-state index contributed by atoms with van der Waals surface area (Å²) in [5, 5.41) is 9.76. The molecule has 0 saturated carbocycles. The third kappa shape index (κ3) is 3.79.